The molecule has 2 N–H and O–H groups in total. The van der Waals surface area contributed by atoms with E-state index in [9.17, 15) is 0 Å². The first-order valence-corrected chi connectivity index (χ1v) is 9.20. The zero-order valence-corrected chi connectivity index (χ0v) is 19.2. The van der Waals surface area contributed by atoms with Crippen LogP contribution in [0.5, 0.6) is 0 Å². The van der Waals surface area contributed by atoms with Crippen molar-refractivity contribution in [3.63, 3.8) is 0 Å². The predicted octanol–water partition coefficient (Wildman–Crippen LogP) is -3.60. The molecule has 3 aromatic heterocycles. The fraction of sp³-hybridized carbons (Fsp3) is 0.316. The molecule has 0 aliphatic carbocycles. The van der Waals surface area contributed by atoms with Crippen LogP contribution in [-0.4, -0.2) is 28.0 Å². The number of nitrogens with one attached hydrogen (secondary N) is 2. The van der Waals surface area contributed by atoms with Crippen molar-refractivity contribution in [1.29, 1.82) is 0 Å². The minimum absolute atomic E-state index is 0. The van der Waals surface area contributed by atoms with E-state index in [1.165, 1.54) is 11.1 Å². The molecule has 0 atom stereocenters. The molecule has 0 fully saturated rings. The molecule has 0 bridgehead atoms. The van der Waals surface area contributed by atoms with E-state index in [1.54, 1.807) is 0 Å². The van der Waals surface area contributed by atoms with Gasteiger partial charge in [0.15, 0.2) is 24.8 Å². The molecule has 0 unspecified atom stereocenters. The first-order valence-electron chi connectivity index (χ1n) is 8.82. The molecule has 29 heavy (non-hydrogen) atoms. The second-order valence-electron chi connectivity index (χ2n) is 5.82. The number of hydrogen-bond acceptors (Lipinski definition) is 5. The lowest BCUT2D eigenvalue weighted by atomic mass is 10.1. The van der Waals surface area contributed by atoms with Gasteiger partial charge in [0.1, 0.15) is 14.1 Å². The Morgan fingerprint density at radius 1 is 0.724 bits per heavy atom. The van der Waals surface area contributed by atoms with Gasteiger partial charge in [0.05, 0.1) is 0 Å². The molecule has 3 heterocycles. The zero-order chi connectivity index (χ0) is 19.6. The maximum atomic E-state index is 5.68. The van der Waals surface area contributed by atoms with Crippen molar-refractivity contribution in [2.45, 2.75) is 13.8 Å². The highest BCUT2D eigenvalue weighted by Crippen LogP contribution is 2.15. The van der Waals surface area contributed by atoms with Crippen LogP contribution in [0.2, 0.25) is 5.28 Å². The molecule has 0 spiro atoms. The van der Waals surface area contributed by atoms with Crippen molar-refractivity contribution in [1.82, 2.24) is 15.0 Å². The fourth-order valence-corrected chi connectivity index (χ4v) is 2.37. The predicted molar refractivity (Wildman–Crippen MR) is 107 cm³/mol. The van der Waals surface area contributed by atoms with E-state index in [-0.39, 0.29) is 30.1 Å². The Morgan fingerprint density at radius 2 is 1.07 bits per heavy atom. The maximum absolute atomic E-state index is 5.68. The number of anilines is 2. The lowest BCUT2D eigenvalue weighted by Gasteiger charge is -2.04. The second kappa shape index (κ2) is 13.9. The minimum Gasteiger partial charge on any atom is -1.00 e. The van der Waals surface area contributed by atoms with Gasteiger partial charge in [-0.1, -0.05) is 0 Å². The molecule has 0 radical (unpaired) electrons. The summed E-state index contributed by atoms with van der Waals surface area (Å²) in [5.74, 6) is 0.997. The van der Waals surface area contributed by atoms with Gasteiger partial charge in [0.2, 0.25) is 17.2 Å². The highest BCUT2D eigenvalue weighted by atomic mass is 35.5. The molecule has 0 saturated carbocycles. The Kier molecular flexibility index (Phi) is 12.8. The van der Waals surface area contributed by atoms with Crippen LogP contribution in [0, 0.1) is 0 Å². The van der Waals surface area contributed by atoms with Crippen LogP contribution in [0.1, 0.15) is 13.8 Å². The van der Waals surface area contributed by atoms with Crippen LogP contribution in [-0.2, 0) is 14.1 Å². The third-order valence-corrected chi connectivity index (χ3v) is 3.74. The lowest BCUT2D eigenvalue weighted by molar-refractivity contribution is -0.671. The zero-order valence-electron chi connectivity index (χ0n) is 16.9. The summed E-state index contributed by atoms with van der Waals surface area (Å²) >= 11 is 5.68. The van der Waals surface area contributed by atoms with Crippen molar-refractivity contribution < 1.29 is 33.9 Å². The molecule has 158 valence electrons. The van der Waals surface area contributed by atoms with Gasteiger partial charge in [-0.15, -0.1) is 0 Å². The summed E-state index contributed by atoms with van der Waals surface area (Å²) in [6, 6.07) is 8.48. The lowest BCUT2D eigenvalue weighted by Crippen LogP contribution is -3.00. The van der Waals surface area contributed by atoms with Crippen molar-refractivity contribution >= 4 is 23.5 Å². The number of pyridine rings is 2. The van der Waals surface area contributed by atoms with Crippen LogP contribution >= 0.6 is 11.6 Å². The smallest absolute Gasteiger partial charge is 0.228 e. The van der Waals surface area contributed by atoms with E-state index in [4.69, 9.17) is 11.6 Å². The molecule has 0 amide bonds. The summed E-state index contributed by atoms with van der Waals surface area (Å²) in [7, 11) is 4.05. The maximum Gasteiger partial charge on any atom is 0.228 e. The highest BCUT2D eigenvalue weighted by Gasteiger charge is 2.02. The number of rotatable bonds is 5. The molecule has 0 aliphatic rings. The summed E-state index contributed by atoms with van der Waals surface area (Å²) in [5.41, 5.74) is 2.51. The van der Waals surface area contributed by atoms with Gasteiger partial charge in [-0.3, -0.25) is 0 Å². The average Bonchev–Trinajstić information content (AvgIpc) is 2.64. The normalized spacial score (nSPS) is 9.28. The Hall–Kier alpha value is -2.22. The molecule has 3 aromatic rings. The first kappa shape index (κ1) is 26.8. The van der Waals surface area contributed by atoms with Crippen LogP contribution in [0.4, 0.5) is 11.9 Å². The fourth-order valence-electron chi connectivity index (χ4n) is 2.21. The number of hydrogen-bond donors (Lipinski definition) is 2. The highest BCUT2D eigenvalue weighted by molar-refractivity contribution is 6.28. The van der Waals surface area contributed by atoms with Gasteiger partial charge >= 0.3 is 0 Å². The minimum atomic E-state index is 0. The molecular formula is C19H26Cl3N7. The van der Waals surface area contributed by atoms with Crippen molar-refractivity contribution in [3.05, 3.63) is 54.3 Å². The summed E-state index contributed by atoms with van der Waals surface area (Å²) in [5, 5.41) is 6.12. The largest absolute Gasteiger partial charge is 1.00 e. The third kappa shape index (κ3) is 9.21. The summed E-state index contributed by atoms with van der Waals surface area (Å²) < 4.78 is 4.07. The quantitative estimate of drug-likeness (QED) is 0.387. The van der Waals surface area contributed by atoms with E-state index in [0.29, 0.717) is 11.9 Å². The Bertz CT molecular complexity index is 776. The number of aryl methyl sites for hydroxylation is 2. The third-order valence-electron chi connectivity index (χ3n) is 3.57. The van der Waals surface area contributed by atoms with Gasteiger partial charge < -0.3 is 35.4 Å². The monoisotopic (exact) mass is 457 g/mol. The summed E-state index contributed by atoms with van der Waals surface area (Å²) in [4.78, 5) is 11.9. The number of aromatic nitrogens is 5. The van der Waals surface area contributed by atoms with Crippen LogP contribution in [0.15, 0.2) is 49.1 Å². The van der Waals surface area contributed by atoms with E-state index in [2.05, 4.69) is 74.6 Å². The van der Waals surface area contributed by atoms with Crippen LogP contribution in [0.3, 0.4) is 0 Å². The van der Waals surface area contributed by atoms with Crippen LogP contribution in [0.25, 0.3) is 11.1 Å². The van der Waals surface area contributed by atoms with E-state index < -0.39 is 0 Å². The second-order valence-corrected chi connectivity index (χ2v) is 6.15. The number of halogens is 3. The van der Waals surface area contributed by atoms with E-state index in [1.807, 2.05) is 37.1 Å². The first-order chi connectivity index (χ1) is 13.0. The molecule has 0 saturated heterocycles. The summed E-state index contributed by atoms with van der Waals surface area (Å²) in [6.07, 6.45) is 8.23. The molecule has 0 aromatic carbocycles. The molecule has 3 rings (SSSR count). The molecule has 10 heteroatoms. The molecule has 0 aliphatic heterocycles. The van der Waals surface area contributed by atoms with Crippen molar-refractivity contribution in [2.24, 2.45) is 14.1 Å². The van der Waals surface area contributed by atoms with Gasteiger partial charge in [-0.05, 0) is 36.6 Å². The Morgan fingerprint density at radius 3 is 1.38 bits per heavy atom. The van der Waals surface area contributed by atoms with Crippen molar-refractivity contribution in [2.75, 3.05) is 23.7 Å². The van der Waals surface area contributed by atoms with Crippen LogP contribution < -0.4 is 44.6 Å². The standard InChI is InChI=1S/C12H14N2.C7H12ClN5.2ClH/c1-13-7-3-11(4-8-13)12-5-9-14(2)10-6-12;1-3-9-6-11-5(8)12-7(13-6)10-4-2;;/h3-10H,1-2H3;3-4H2,1-2H3,(H2,9,10,11,12,13);2*1H/q+2;;;/p-2. The molecular weight excluding hydrogens is 433 g/mol. The van der Waals surface area contributed by atoms with Gasteiger partial charge in [0, 0.05) is 37.4 Å². The van der Waals surface area contributed by atoms with Gasteiger partial charge in [-0.25, -0.2) is 9.13 Å². The van der Waals surface area contributed by atoms with E-state index >= 15 is 0 Å². The number of nitrogens with zero attached hydrogens (tertiary/aromatic N) is 5. The Balaban J connectivity index is 0.000000507. The molecule has 7 nitrogen and oxygen atoms in total. The topological polar surface area (TPSA) is 70.5 Å². The van der Waals surface area contributed by atoms with Crippen molar-refractivity contribution in [3.8, 4) is 11.1 Å². The summed E-state index contributed by atoms with van der Waals surface area (Å²) in [6.45, 7) is 5.44. The van der Waals surface area contributed by atoms with E-state index in [0.717, 1.165) is 13.1 Å². The Labute approximate surface area is 189 Å². The van der Waals surface area contributed by atoms with Gasteiger partial charge in [0.25, 0.3) is 0 Å². The average molecular weight is 459 g/mol. The van der Waals surface area contributed by atoms with Gasteiger partial charge in [-0.2, -0.15) is 15.0 Å². The SMILES string of the molecule is CCNc1nc(Cl)nc(NCC)n1.C[n+]1ccc(-c2cc[n+](C)cc2)cc1.[Cl-].[Cl-].